The first kappa shape index (κ1) is 17.3. The summed E-state index contributed by atoms with van der Waals surface area (Å²) in [6, 6.07) is 0.0376. The van der Waals surface area contributed by atoms with Crippen molar-refractivity contribution in [2.75, 3.05) is 6.54 Å². The summed E-state index contributed by atoms with van der Waals surface area (Å²) in [7, 11) is 0. The fraction of sp³-hybridized carbons (Fsp3) is 0.938. The van der Waals surface area contributed by atoms with Crippen LogP contribution < -0.4 is 11.1 Å². The minimum absolute atomic E-state index is 0.0376. The van der Waals surface area contributed by atoms with E-state index >= 15 is 0 Å². The molecule has 1 unspecified atom stereocenters. The minimum atomic E-state index is -0.455. The molecular weight excluding hydrogens is 252 g/mol. The van der Waals surface area contributed by atoms with Gasteiger partial charge in [0.2, 0.25) is 0 Å². The second kappa shape index (κ2) is 7.30. The minimum Gasteiger partial charge on any atom is -0.444 e. The summed E-state index contributed by atoms with van der Waals surface area (Å²) in [6.07, 6.45) is 4.52. The number of carbonyl (C=O) groups is 1. The standard InChI is InChI=1S/C16H32N2O2/c1-11(2)12-6-8-13(9-7-12)14(17)10-18-15(19)20-16(3,4)5/h11-14H,6-10,17H2,1-5H3,(H,18,19). The van der Waals surface area contributed by atoms with Gasteiger partial charge in [0.15, 0.2) is 0 Å². The van der Waals surface area contributed by atoms with Gasteiger partial charge in [0.25, 0.3) is 0 Å². The molecular formula is C16H32N2O2. The lowest BCUT2D eigenvalue weighted by atomic mass is 9.75. The number of hydrogen-bond acceptors (Lipinski definition) is 3. The van der Waals surface area contributed by atoms with Gasteiger partial charge in [-0.2, -0.15) is 0 Å². The zero-order valence-corrected chi connectivity index (χ0v) is 13.7. The molecule has 0 saturated heterocycles. The number of alkyl carbamates (subject to hydrolysis) is 1. The van der Waals surface area contributed by atoms with Gasteiger partial charge in [0, 0.05) is 12.6 Å². The molecule has 0 radical (unpaired) electrons. The molecule has 1 amide bonds. The molecule has 0 heterocycles. The predicted molar refractivity (Wildman–Crippen MR) is 82.5 cm³/mol. The highest BCUT2D eigenvalue weighted by Crippen LogP contribution is 2.34. The Bertz CT molecular complexity index is 302. The molecule has 1 atom stereocenters. The molecule has 3 N–H and O–H groups in total. The average molecular weight is 284 g/mol. The van der Waals surface area contributed by atoms with Crippen molar-refractivity contribution >= 4 is 6.09 Å². The third-order valence-corrected chi connectivity index (χ3v) is 4.25. The van der Waals surface area contributed by atoms with Gasteiger partial charge in [-0.25, -0.2) is 4.79 Å². The van der Waals surface area contributed by atoms with Crippen molar-refractivity contribution in [1.29, 1.82) is 0 Å². The van der Waals surface area contributed by atoms with Gasteiger partial charge in [-0.15, -0.1) is 0 Å². The van der Waals surface area contributed by atoms with E-state index in [1.54, 1.807) is 0 Å². The van der Waals surface area contributed by atoms with Crippen LogP contribution in [0.4, 0.5) is 4.79 Å². The van der Waals surface area contributed by atoms with Crippen molar-refractivity contribution in [3.8, 4) is 0 Å². The van der Waals surface area contributed by atoms with Crippen molar-refractivity contribution in [2.24, 2.45) is 23.5 Å². The van der Waals surface area contributed by atoms with E-state index in [-0.39, 0.29) is 12.1 Å². The monoisotopic (exact) mass is 284 g/mol. The number of ether oxygens (including phenoxy) is 1. The van der Waals surface area contributed by atoms with Crippen molar-refractivity contribution in [3.05, 3.63) is 0 Å². The fourth-order valence-electron chi connectivity index (χ4n) is 2.92. The molecule has 0 aromatic rings. The lowest BCUT2D eigenvalue weighted by Gasteiger charge is -2.34. The summed E-state index contributed by atoms with van der Waals surface area (Å²) >= 11 is 0. The van der Waals surface area contributed by atoms with Crippen LogP contribution in [0.5, 0.6) is 0 Å². The molecule has 1 saturated carbocycles. The van der Waals surface area contributed by atoms with Gasteiger partial charge in [-0.05, 0) is 64.2 Å². The lowest BCUT2D eigenvalue weighted by Crippen LogP contribution is -2.44. The van der Waals surface area contributed by atoms with Crippen molar-refractivity contribution in [3.63, 3.8) is 0 Å². The molecule has 4 nitrogen and oxygen atoms in total. The molecule has 1 aliphatic carbocycles. The Morgan fingerprint density at radius 1 is 1.20 bits per heavy atom. The average Bonchev–Trinajstić information content (AvgIpc) is 2.34. The van der Waals surface area contributed by atoms with Crippen LogP contribution >= 0.6 is 0 Å². The van der Waals surface area contributed by atoms with Crippen LogP contribution in [0, 0.1) is 17.8 Å². The van der Waals surface area contributed by atoms with Crippen LogP contribution in [0.25, 0.3) is 0 Å². The fourth-order valence-corrected chi connectivity index (χ4v) is 2.92. The van der Waals surface area contributed by atoms with Gasteiger partial charge < -0.3 is 15.8 Å². The molecule has 0 bridgehead atoms. The molecule has 4 heteroatoms. The molecule has 118 valence electrons. The van der Waals surface area contributed by atoms with Crippen LogP contribution in [0.2, 0.25) is 0 Å². The maximum atomic E-state index is 11.6. The zero-order valence-electron chi connectivity index (χ0n) is 13.7. The molecule has 20 heavy (non-hydrogen) atoms. The smallest absolute Gasteiger partial charge is 0.407 e. The molecule has 1 fully saturated rings. The van der Waals surface area contributed by atoms with E-state index < -0.39 is 5.60 Å². The van der Waals surface area contributed by atoms with Gasteiger partial charge >= 0.3 is 6.09 Å². The molecule has 1 aliphatic rings. The Kier molecular flexibility index (Phi) is 6.31. The molecule has 0 aromatic carbocycles. The Labute approximate surface area is 123 Å². The second-order valence-electron chi connectivity index (χ2n) is 7.47. The summed E-state index contributed by atoms with van der Waals surface area (Å²) in [4.78, 5) is 11.6. The Hall–Kier alpha value is -0.770. The van der Waals surface area contributed by atoms with Gasteiger partial charge in [0.05, 0.1) is 0 Å². The van der Waals surface area contributed by atoms with E-state index in [0.29, 0.717) is 12.5 Å². The van der Waals surface area contributed by atoms with E-state index in [9.17, 15) is 4.79 Å². The summed E-state index contributed by atoms with van der Waals surface area (Å²) in [5.41, 5.74) is 5.76. The maximum absolute atomic E-state index is 11.6. The Morgan fingerprint density at radius 3 is 2.15 bits per heavy atom. The molecule has 1 rings (SSSR count). The summed E-state index contributed by atoms with van der Waals surface area (Å²) < 4.78 is 5.22. The first-order valence-electron chi connectivity index (χ1n) is 7.91. The van der Waals surface area contributed by atoms with E-state index in [2.05, 4.69) is 19.2 Å². The molecule has 0 aliphatic heterocycles. The normalized spacial score (nSPS) is 25.4. The number of rotatable bonds is 4. The largest absolute Gasteiger partial charge is 0.444 e. The summed E-state index contributed by atoms with van der Waals surface area (Å²) in [5, 5.41) is 2.78. The quantitative estimate of drug-likeness (QED) is 0.832. The van der Waals surface area contributed by atoms with E-state index in [0.717, 1.165) is 11.8 Å². The number of amides is 1. The highest BCUT2D eigenvalue weighted by atomic mass is 16.6. The number of nitrogens with one attached hydrogen (secondary N) is 1. The van der Waals surface area contributed by atoms with Gasteiger partial charge in [0.1, 0.15) is 5.60 Å². The van der Waals surface area contributed by atoms with Crippen LogP contribution in [0.1, 0.15) is 60.3 Å². The predicted octanol–water partition coefficient (Wildman–Crippen LogP) is 3.30. The summed E-state index contributed by atoms with van der Waals surface area (Å²) in [6.45, 7) is 10.7. The second-order valence-corrected chi connectivity index (χ2v) is 7.47. The van der Waals surface area contributed by atoms with E-state index in [1.165, 1.54) is 25.7 Å². The topological polar surface area (TPSA) is 64.3 Å². The van der Waals surface area contributed by atoms with Crippen LogP contribution in [0.3, 0.4) is 0 Å². The summed E-state index contributed by atoms with van der Waals surface area (Å²) in [5.74, 6) is 2.14. The first-order valence-corrected chi connectivity index (χ1v) is 7.91. The first-order chi connectivity index (χ1) is 9.19. The van der Waals surface area contributed by atoms with Crippen molar-refractivity contribution < 1.29 is 9.53 Å². The maximum Gasteiger partial charge on any atom is 0.407 e. The number of hydrogen-bond donors (Lipinski definition) is 2. The lowest BCUT2D eigenvalue weighted by molar-refractivity contribution is 0.0518. The van der Waals surface area contributed by atoms with Crippen LogP contribution in [-0.2, 0) is 4.74 Å². The molecule has 0 spiro atoms. The van der Waals surface area contributed by atoms with Gasteiger partial charge in [-0.1, -0.05) is 13.8 Å². The Balaban J connectivity index is 2.27. The highest BCUT2D eigenvalue weighted by Gasteiger charge is 2.27. The number of nitrogens with two attached hydrogens (primary N) is 1. The third-order valence-electron chi connectivity index (χ3n) is 4.25. The Morgan fingerprint density at radius 2 is 1.70 bits per heavy atom. The van der Waals surface area contributed by atoms with Crippen molar-refractivity contribution in [2.45, 2.75) is 71.9 Å². The zero-order chi connectivity index (χ0) is 15.3. The van der Waals surface area contributed by atoms with Crippen molar-refractivity contribution in [1.82, 2.24) is 5.32 Å². The van der Waals surface area contributed by atoms with Gasteiger partial charge in [-0.3, -0.25) is 0 Å². The third kappa shape index (κ3) is 6.12. The van der Waals surface area contributed by atoms with E-state index in [4.69, 9.17) is 10.5 Å². The van der Waals surface area contributed by atoms with Crippen LogP contribution in [0.15, 0.2) is 0 Å². The SMILES string of the molecule is CC(C)C1CCC(C(N)CNC(=O)OC(C)(C)C)CC1. The molecule has 0 aromatic heterocycles. The highest BCUT2D eigenvalue weighted by molar-refractivity contribution is 5.67. The van der Waals surface area contributed by atoms with Crippen LogP contribution in [-0.4, -0.2) is 24.3 Å². The number of carbonyl (C=O) groups excluding carboxylic acids is 1. The van der Waals surface area contributed by atoms with E-state index in [1.807, 2.05) is 20.8 Å².